The maximum atomic E-state index is 13.2. The molecule has 0 radical (unpaired) electrons. The zero-order valence-corrected chi connectivity index (χ0v) is 9.34. The van der Waals surface area contributed by atoms with E-state index in [1.807, 2.05) is 18.4 Å². The normalized spacial score (nSPS) is 10.4. The van der Waals surface area contributed by atoms with Gasteiger partial charge in [-0.05, 0) is 41.6 Å². The van der Waals surface area contributed by atoms with Gasteiger partial charge in [-0.1, -0.05) is 6.07 Å². The Morgan fingerprint density at radius 3 is 2.69 bits per heavy atom. The van der Waals surface area contributed by atoms with Crippen LogP contribution < -0.4 is 0 Å². The van der Waals surface area contributed by atoms with Crippen molar-refractivity contribution in [2.75, 3.05) is 0 Å². The van der Waals surface area contributed by atoms with E-state index in [0.717, 1.165) is 16.0 Å². The minimum atomic E-state index is -1.24. The molecule has 1 aromatic heterocycles. The Morgan fingerprint density at radius 2 is 2.12 bits per heavy atom. The molecule has 0 aliphatic heterocycles. The number of hydrogen-bond donors (Lipinski definition) is 1. The van der Waals surface area contributed by atoms with E-state index in [2.05, 4.69) is 0 Å². The van der Waals surface area contributed by atoms with Crippen LogP contribution >= 0.6 is 11.3 Å². The number of hydrogen-bond acceptors (Lipinski definition) is 2. The van der Waals surface area contributed by atoms with Gasteiger partial charge in [0.05, 0.1) is 5.56 Å². The summed E-state index contributed by atoms with van der Waals surface area (Å²) in [4.78, 5) is 11.8. The third kappa shape index (κ3) is 1.84. The summed E-state index contributed by atoms with van der Waals surface area (Å²) in [7, 11) is 0. The van der Waals surface area contributed by atoms with Crippen molar-refractivity contribution in [3.05, 3.63) is 46.6 Å². The standard InChI is InChI=1S/C12H9FO2S/c1-7-4-5-16-11(7)8-2-3-10(13)9(6-8)12(14)15/h2-6H,1H3,(H,14,15). The molecule has 2 aromatic rings. The topological polar surface area (TPSA) is 37.3 Å². The SMILES string of the molecule is Cc1ccsc1-c1ccc(F)c(C(=O)O)c1. The lowest BCUT2D eigenvalue weighted by Gasteiger charge is -2.03. The fourth-order valence-electron chi connectivity index (χ4n) is 1.50. The van der Waals surface area contributed by atoms with Gasteiger partial charge in [-0.25, -0.2) is 9.18 Å². The van der Waals surface area contributed by atoms with E-state index in [0.29, 0.717) is 0 Å². The molecule has 82 valence electrons. The predicted octanol–water partition coefficient (Wildman–Crippen LogP) is 3.56. The third-order valence-corrected chi connectivity index (χ3v) is 3.39. The van der Waals surface area contributed by atoms with Crippen molar-refractivity contribution in [1.82, 2.24) is 0 Å². The highest BCUT2D eigenvalue weighted by Crippen LogP contribution is 2.30. The average Bonchev–Trinajstić information content (AvgIpc) is 2.65. The maximum Gasteiger partial charge on any atom is 0.338 e. The van der Waals surface area contributed by atoms with Crippen LogP contribution in [0.4, 0.5) is 4.39 Å². The largest absolute Gasteiger partial charge is 0.478 e. The summed E-state index contributed by atoms with van der Waals surface area (Å²) in [5.74, 6) is -1.95. The predicted molar refractivity (Wildman–Crippen MR) is 61.4 cm³/mol. The quantitative estimate of drug-likeness (QED) is 0.865. The number of rotatable bonds is 2. The van der Waals surface area contributed by atoms with Crippen molar-refractivity contribution in [3.63, 3.8) is 0 Å². The number of halogens is 1. The Balaban J connectivity index is 2.56. The fourth-order valence-corrected chi connectivity index (χ4v) is 2.42. The van der Waals surface area contributed by atoms with E-state index >= 15 is 0 Å². The summed E-state index contributed by atoms with van der Waals surface area (Å²) >= 11 is 1.51. The molecule has 2 nitrogen and oxygen atoms in total. The number of thiophene rings is 1. The summed E-state index contributed by atoms with van der Waals surface area (Å²) in [6.07, 6.45) is 0. The van der Waals surface area contributed by atoms with Gasteiger partial charge in [0.1, 0.15) is 5.82 Å². The van der Waals surface area contributed by atoms with Crippen molar-refractivity contribution in [1.29, 1.82) is 0 Å². The molecule has 16 heavy (non-hydrogen) atoms. The molecule has 0 amide bonds. The van der Waals surface area contributed by atoms with Crippen LogP contribution in [0.15, 0.2) is 29.6 Å². The van der Waals surface area contributed by atoms with Gasteiger partial charge in [0, 0.05) is 4.88 Å². The van der Waals surface area contributed by atoms with E-state index in [4.69, 9.17) is 5.11 Å². The fraction of sp³-hybridized carbons (Fsp3) is 0.0833. The second kappa shape index (κ2) is 4.06. The van der Waals surface area contributed by atoms with Crippen LogP contribution in [0.2, 0.25) is 0 Å². The summed E-state index contributed by atoms with van der Waals surface area (Å²) in [6, 6.07) is 6.11. The molecule has 4 heteroatoms. The van der Waals surface area contributed by atoms with Crippen LogP contribution in [0.25, 0.3) is 10.4 Å². The molecule has 0 unspecified atom stereocenters. The number of carbonyl (C=O) groups is 1. The van der Waals surface area contributed by atoms with Crippen LogP contribution in [0, 0.1) is 12.7 Å². The van der Waals surface area contributed by atoms with E-state index in [9.17, 15) is 9.18 Å². The first kappa shape index (κ1) is 10.8. The van der Waals surface area contributed by atoms with Gasteiger partial charge in [-0.2, -0.15) is 0 Å². The highest BCUT2D eigenvalue weighted by molar-refractivity contribution is 7.13. The summed E-state index contributed by atoms with van der Waals surface area (Å²) in [5.41, 5.74) is 1.52. The highest BCUT2D eigenvalue weighted by atomic mass is 32.1. The zero-order valence-electron chi connectivity index (χ0n) is 8.53. The van der Waals surface area contributed by atoms with Gasteiger partial charge in [-0.3, -0.25) is 0 Å². The Labute approximate surface area is 96.0 Å². The Morgan fingerprint density at radius 1 is 1.38 bits per heavy atom. The smallest absolute Gasteiger partial charge is 0.338 e. The van der Waals surface area contributed by atoms with Gasteiger partial charge in [0.2, 0.25) is 0 Å². The van der Waals surface area contributed by atoms with Crippen LogP contribution in [0.3, 0.4) is 0 Å². The molecule has 0 fully saturated rings. The van der Waals surface area contributed by atoms with Crippen molar-refractivity contribution in [2.24, 2.45) is 0 Å². The number of benzene rings is 1. The summed E-state index contributed by atoms with van der Waals surface area (Å²) < 4.78 is 13.2. The molecule has 0 aliphatic rings. The highest BCUT2D eigenvalue weighted by Gasteiger charge is 2.12. The lowest BCUT2D eigenvalue weighted by atomic mass is 10.1. The van der Waals surface area contributed by atoms with E-state index in [1.165, 1.54) is 23.5 Å². The van der Waals surface area contributed by atoms with E-state index in [1.54, 1.807) is 6.07 Å². The van der Waals surface area contributed by atoms with E-state index < -0.39 is 11.8 Å². The first-order valence-corrected chi connectivity index (χ1v) is 5.55. The van der Waals surface area contributed by atoms with Crippen molar-refractivity contribution in [3.8, 4) is 10.4 Å². The van der Waals surface area contributed by atoms with Crippen LogP contribution in [-0.2, 0) is 0 Å². The Kier molecular flexibility index (Phi) is 2.75. The molecule has 0 bridgehead atoms. The van der Waals surface area contributed by atoms with Crippen LogP contribution in [0.5, 0.6) is 0 Å². The van der Waals surface area contributed by atoms with E-state index in [-0.39, 0.29) is 5.56 Å². The molecule has 0 saturated heterocycles. The zero-order chi connectivity index (χ0) is 11.7. The minimum absolute atomic E-state index is 0.287. The average molecular weight is 236 g/mol. The molecule has 0 aliphatic carbocycles. The van der Waals surface area contributed by atoms with Crippen molar-refractivity contribution < 1.29 is 14.3 Å². The van der Waals surface area contributed by atoms with Gasteiger partial charge in [0.15, 0.2) is 0 Å². The number of carboxylic acid groups (broad SMARTS) is 1. The number of aromatic carboxylic acids is 1. The number of aryl methyl sites for hydroxylation is 1. The maximum absolute atomic E-state index is 13.2. The Hall–Kier alpha value is -1.68. The van der Waals surface area contributed by atoms with Crippen LogP contribution in [-0.4, -0.2) is 11.1 Å². The first-order chi connectivity index (χ1) is 7.59. The second-order valence-corrected chi connectivity index (χ2v) is 4.35. The number of carboxylic acids is 1. The molecule has 1 N–H and O–H groups in total. The molecule has 0 atom stereocenters. The monoisotopic (exact) mass is 236 g/mol. The van der Waals surface area contributed by atoms with Gasteiger partial charge in [-0.15, -0.1) is 11.3 Å². The lowest BCUT2D eigenvalue weighted by molar-refractivity contribution is 0.0692. The van der Waals surface area contributed by atoms with Gasteiger partial charge < -0.3 is 5.11 Å². The molecule has 1 heterocycles. The first-order valence-electron chi connectivity index (χ1n) is 4.67. The third-order valence-electron chi connectivity index (χ3n) is 2.32. The summed E-state index contributed by atoms with van der Waals surface area (Å²) in [6.45, 7) is 1.94. The molecule has 2 rings (SSSR count). The van der Waals surface area contributed by atoms with Crippen molar-refractivity contribution >= 4 is 17.3 Å². The molecule has 1 aromatic carbocycles. The molecular weight excluding hydrogens is 227 g/mol. The van der Waals surface area contributed by atoms with Crippen molar-refractivity contribution in [2.45, 2.75) is 6.92 Å². The molecule has 0 spiro atoms. The van der Waals surface area contributed by atoms with Gasteiger partial charge in [0.25, 0.3) is 0 Å². The minimum Gasteiger partial charge on any atom is -0.478 e. The summed E-state index contributed by atoms with van der Waals surface area (Å²) in [5, 5.41) is 10.7. The second-order valence-electron chi connectivity index (χ2n) is 3.43. The van der Waals surface area contributed by atoms with Crippen LogP contribution in [0.1, 0.15) is 15.9 Å². The van der Waals surface area contributed by atoms with Gasteiger partial charge >= 0.3 is 5.97 Å². The Bertz CT molecular complexity index is 546. The lowest BCUT2D eigenvalue weighted by Crippen LogP contribution is -2.00. The molecule has 0 saturated carbocycles. The molecular formula is C12H9FO2S.